The second-order valence-electron chi connectivity index (χ2n) is 6.71. The molecule has 0 aromatic heterocycles. The number of hydrogen-bond acceptors (Lipinski definition) is 4. The van der Waals surface area contributed by atoms with E-state index in [0.29, 0.717) is 25.2 Å². The number of carbonyl (C=O) groups is 1. The van der Waals surface area contributed by atoms with Crippen molar-refractivity contribution in [2.24, 2.45) is 0 Å². The normalized spacial score (nSPS) is 15.9. The number of sulfonamides is 1. The number of nitrogens with zero attached hydrogens (tertiary/aromatic N) is 2. The van der Waals surface area contributed by atoms with Gasteiger partial charge >= 0.3 is 0 Å². The summed E-state index contributed by atoms with van der Waals surface area (Å²) in [7, 11) is -1.40. The van der Waals surface area contributed by atoms with Crippen molar-refractivity contribution in [1.82, 2.24) is 4.90 Å². The monoisotopic (exact) mass is 416 g/mol. The van der Waals surface area contributed by atoms with Gasteiger partial charge in [0.05, 0.1) is 11.4 Å². The minimum absolute atomic E-state index is 0.0832. The molecule has 148 valence electrons. The molecule has 1 saturated heterocycles. The molecule has 1 aliphatic heterocycles. The lowest BCUT2D eigenvalue weighted by Gasteiger charge is -2.17. The number of benzene rings is 2. The van der Waals surface area contributed by atoms with Gasteiger partial charge in [0, 0.05) is 31.1 Å². The number of hydrogen-bond donors (Lipinski definition) is 0. The Morgan fingerprint density at radius 3 is 2.39 bits per heavy atom. The average Bonchev–Trinajstić information content (AvgIpc) is 3.06. The van der Waals surface area contributed by atoms with Crippen molar-refractivity contribution >= 4 is 39.5 Å². The molecule has 1 amide bonds. The SMILES string of the molecule is CSc1ccc(CN(C)C(=O)/C=C/c2ccc(N3CCCS3(=O)=O)cc2)cc1. The standard InChI is InChI=1S/C21H24N2O3S2/c1-22(16-18-6-11-20(27-2)12-7-18)21(24)13-8-17-4-9-19(10-5-17)23-14-3-15-28(23,25)26/h4-13H,3,14-16H2,1-2H3/b13-8+. The van der Waals surface area contributed by atoms with Gasteiger partial charge in [0.2, 0.25) is 15.9 Å². The van der Waals surface area contributed by atoms with Crippen molar-refractivity contribution in [3.05, 3.63) is 65.7 Å². The van der Waals surface area contributed by atoms with Crippen LogP contribution in [0.15, 0.2) is 59.5 Å². The number of thioether (sulfide) groups is 1. The van der Waals surface area contributed by atoms with Gasteiger partial charge in [-0.15, -0.1) is 11.8 Å². The highest BCUT2D eigenvalue weighted by Gasteiger charge is 2.28. The molecule has 0 saturated carbocycles. The zero-order chi connectivity index (χ0) is 20.1. The smallest absolute Gasteiger partial charge is 0.246 e. The molecule has 3 rings (SSSR count). The van der Waals surface area contributed by atoms with Crippen molar-refractivity contribution in [3.8, 4) is 0 Å². The quantitative estimate of drug-likeness (QED) is 0.533. The van der Waals surface area contributed by atoms with Crippen LogP contribution in [0.25, 0.3) is 6.08 Å². The first-order valence-electron chi connectivity index (χ1n) is 9.05. The van der Waals surface area contributed by atoms with Crippen LogP contribution in [-0.2, 0) is 21.4 Å². The molecule has 1 aliphatic rings. The first kappa shape index (κ1) is 20.5. The molecule has 5 nitrogen and oxygen atoms in total. The molecular formula is C21H24N2O3S2. The van der Waals surface area contributed by atoms with Crippen molar-refractivity contribution in [2.45, 2.75) is 17.9 Å². The Hall–Kier alpha value is -2.25. The molecule has 0 unspecified atom stereocenters. The first-order valence-corrected chi connectivity index (χ1v) is 11.9. The van der Waals surface area contributed by atoms with Crippen LogP contribution < -0.4 is 4.31 Å². The molecule has 2 aromatic carbocycles. The Kier molecular flexibility index (Phi) is 6.46. The van der Waals surface area contributed by atoms with Crippen molar-refractivity contribution < 1.29 is 13.2 Å². The molecule has 0 radical (unpaired) electrons. The molecule has 1 heterocycles. The van der Waals surface area contributed by atoms with Crippen LogP contribution in [0.4, 0.5) is 5.69 Å². The summed E-state index contributed by atoms with van der Waals surface area (Å²) in [6, 6.07) is 15.4. The maximum absolute atomic E-state index is 12.4. The van der Waals surface area contributed by atoms with Gasteiger partial charge in [0.1, 0.15) is 0 Å². The number of amides is 1. The largest absolute Gasteiger partial charge is 0.338 e. The summed E-state index contributed by atoms with van der Waals surface area (Å²) in [5.74, 6) is 0.121. The number of anilines is 1. The van der Waals surface area contributed by atoms with E-state index >= 15 is 0 Å². The van der Waals surface area contributed by atoms with Gasteiger partial charge in [-0.3, -0.25) is 9.10 Å². The fourth-order valence-corrected chi connectivity index (χ4v) is 5.03. The molecule has 1 fully saturated rings. The van der Waals surface area contributed by atoms with Gasteiger partial charge in [-0.25, -0.2) is 8.42 Å². The van der Waals surface area contributed by atoms with Gasteiger partial charge in [-0.1, -0.05) is 24.3 Å². The maximum Gasteiger partial charge on any atom is 0.246 e. The molecule has 2 aromatic rings. The van der Waals surface area contributed by atoms with E-state index in [1.807, 2.05) is 30.5 Å². The third-order valence-corrected chi connectivity index (χ3v) is 7.27. The molecule has 7 heteroatoms. The number of likely N-dealkylation sites (N-methyl/N-ethyl adjacent to an activating group) is 1. The predicted octanol–water partition coefficient (Wildman–Crippen LogP) is 3.62. The third kappa shape index (κ3) is 4.97. The Balaban J connectivity index is 1.60. The van der Waals surface area contributed by atoms with Gasteiger partial charge in [0.25, 0.3) is 0 Å². The van der Waals surface area contributed by atoms with Crippen molar-refractivity contribution in [3.63, 3.8) is 0 Å². The van der Waals surface area contributed by atoms with E-state index in [9.17, 15) is 13.2 Å². The second kappa shape index (κ2) is 8.84. The minimum atomic E-state index is -3.17. The summed E-state index contributed by atoms with van der Waals surface area (Å²) < 4.78 is 25.4. The summed E-state index contributed by atoms with van der Waals surface area (Å²) in [6.45, 7) is 1.07. The highest BCUT2D eigenvalue weighted by Crippen LogP contribution is 2.24. The van der Waals surface area contributed by atoms with E-state index in [-0.39, 0.29) is 11.7 Å². The lowest BCUT2D eigenvalue weighted by atomic mass is 10.2. The van der Waals surface area contributed by atoms with Gasteiger partial charge < -0.3 is 4.90 Å². The van der Waals surface area contributed by atoms with Crippen LogP contribution >= 0.6 is 11.8 Å². The summed E-state index contributed by atoms with van der Waals surface area (Å²) in [5.41, 5.74) is 2.61. The first-order chi connectivity index (χ1) is 13.4. The molecule has 28 heavy (non-hydrogen) atoms. The fraction of sp³-hybridized carbons (Fsp3) is 0.286. The van der Waals surface area contributed by atoms with Crippen LogP contribution in [0.2, 0.25) is 0 Å². The van der Waals surface area contributed by atoms with Gasteiger partial charge in [0.15, 0.2) is 0 Å². The molecule has 0 N–H and O–H groups in total. The summed E-state index contributed by atoms with van der Waals surface area (Å²) >= 11 is 1.69. The third-order valence-electron chi connectivity index (χ3n) is 4.65. The number of carbonyl (C=O) groups excluding carboxylic acids is 1. The fourth-order valence-electron chi connectivity index (χ4n) is 3.06. The Labute approximate surface area is 171 Å². The lowest BCUT2D eigenvalue weighted by molar-refractivity contribution is -0.125. The second-order valence-corrected chi connectivity index (χ2v) is 9.60. The summed E-state index contributed by atoms with van der Waals surface area (Å²) in [4.78, 5) is 15.2. The van der Waals surface area contributed by atoms with Crippen molar-refractivity contribution in [1.29, 1.82) is 0 Å². The molecule has 0 aliphatic carbocycles. The van der Waals surface area contributed by atoms with Crippen LogP contribution in [0, 0.1) is 0 Å². The van der Waals surface area contributed by atoms with Crippen LogP contribution in [0.5, 0.6) is 0 Å². The molecular weight excluding hydrogens is 392 g/mol. The maximum atomic E-state index is 12.4. The molecule has 0 spiro atoms. The van der Waals surface area contributed by atoms with Crippen LogP contribution in [0.1, 0.15) is 17.5 Å². The minimum Gasteiger partial charge on any atom is -0.338 e. The topological polar surface area (TPSA) is 57.7 Å². The van der Waals surface area contributed by atoms with Crippen LogP contribution in [-0.4, -0.2) is 44.8 Å². The van der Waals surface area contributed by atoms with E-state index in [4.69, 9.17) is 0 Å². The Morgan fingerprint density at radius 1 is 1.14 bits per heavy atom. The number of rotatable bonds is 6. The summed E-state index contributed by atoms with van der Waals surface area (Å²) in [6.07, 6.45) is 5.98. The molecule has 0 atom stereocenters. The van der Waals surface area contributed by atoms with E-state index in [1.54, 1.807) is 41.9 Å². The Morgan fingerprint density at radius 2 is 1.82 bits per heavy atom. The molecule has 0 bridgehead atoms. The predicted molar refractivity (Wildman–Crippen MR) is 116 cm³/mol. The van der Waals surface area contributed by atoms with Crippen molar-refractivity contribution in [2.75, 3.05) is 29.9 Å². The summed E-state index contributed by atoms with van der Waals surface area (Å²) in [5, 5.41) is 0. The van der Waals surface area contributed by atoms with E-state index in [1.165, 1.54) is 15.3 Å². The zero-order valence-electron chi connectivity index (χ0n) is 16.0. The van der Waals surface area contributed by atoms with E-state index in [0.717, 1.165) is 11.1 Å². The highest BCUT2D eigenvalue weighted by atomic mass is 32.2. The Bertz CT molecular complexity index is 952. The highest BCUT2D eigenvalue weighted by molar-refractivity contribution is 7.98. The van der Waals surface area contributed by atoms with E-state index < -0.39 is 10.0 Å². The lowest BCUT2D eigenvalue weighted by Crippen LogP contribution is -2.24. The van der Waals surface area contributed by atoms with Crippen LogP contribution in [0.3, 0.4) is 0 Å². The van der Waals surface area contributed by atoms with Gasteiger partial charge in [-0.05, 0) is 54.1 Å². The van der Waals surface area contributed by atoms with E-state index in [2.05, 4.69) is 12.1 Å². The van der Waals surface area contributed by atoms with Gasteiger partial charge in [-0.2, -0.15) is 0 Å². The average molecular weight is 417 g/mol. The zero-order valence-corrected chi connectivity index (χ0v) is 17.7.